The van der Waals surface area contributed by atoms with Crippen molar-refractivity contribution in [1.82, 2.24) is 5.32 Å². The van der Waals surface area contributed by atoms with Crippen molar-refractivity contribution in [3.8, 4) is 0 Å². The highest BCUT2D eigenvalue weighted by Gasteiger charge is 2.37. The first-order valence-corrected chi connectivity index (χ1v) is 8.31. The zero-order chi connectivity index (χ0) is 13.8. The van der Waals surface area contributed by atoms with Crippen LogP contribution < -0.4 is 5.32 Å². The SMILES string of the molecule is OCC1(NC2CCCCCC2)CCCc2ccccc21. The van der Waals surface area contributed by atoms with Crippen LogP contribution in [0.2, 0.25) is 0 Å². The Morgan fingerprint density at radius 3 is 2.55 bits per heavy atom. The van der Waals surface area contributed by atoms with E-state index in [1.165, 1.54) is 56.1 Å². The van der Waals surface area contributed by atoms with Gasteiger partial charge in [-0.05, 0) is 43.2 Å². The van der Waals surface area contributed by atoms with E-state index in [1.54, 1.807) is 0 Å². The zero-order valence-electron chi connectivity index (χ0n) is 12.4. The first-order valence-electron chi connectivity index (χ1n) is 8.31. The lowest BCUT2D eigenvalue weighted by atomic mass is 9.76. The van der Waals surface area contributed by atoms with Gasteiger partial charge in [0, 0.05) is 6.04 Å². The topological polar surface area (TPSA) is 32.3 Å². The number of benzene rings is 1. The van der Waals surface area contributed by atoms with Crippen molar-refractivity contribution in [3.63, 3.8) is 0 Å². The monoisotopic (exact) mass is 273 g/mol. The molecule has 1 unspecified atom stereocenters. The lowest BCUT2D eigenvalue weighted by molar-refractivity contribution is 0.124. The third-order valence-electron chi connectivity index (χ3n) is 5.19. The smallest absolute Gasteiger partial charge is 0.0674 e. The van der Waals surface area contributed by atoms with Gasteiger partial charge in [-0.25, -0.2) is 0 Å². The lowest BCUT2D eigenvalue weighted by Gasteiger charge is -2.41. The Labute approximate surface area is 122 Å². The van der Waals surface area contributed by atoms with E-state index in [2.05, 4.69) is 29.6 Å². The Morgan fingerprint density at radius 2 is 1.80 bits per heavy atom. The van der Waals surface area contributed by atoms with Gasteiger partial charge in [0.2, 0.25) is 0 Å². The molecule has 2 N–H and O–H groups in total. The van der Waals surface area contributed by atoms with Crippen LogP contribution in [0.1, 0.15) is 62.5 Å². The highest BCUT2D eigenvalue weighted by Crippen LogP contribution is 2.36. The normalized spacial score (nSPS) is 27.9. The van der Waals surface area contributed by atoms with E-state index < -0.39 is 0 Å². The van der Waals surface area contributed by atoms with Crippen molar-refractivity contribution >= 4 is 0 Å². The molecule has 0 saturated heterocycles. The number of hydrogen-bond acceptors (Lipinski definition) is 2. The molecular weight excluding hydrogens is 246 g/mol. The maximum Gasteiger partial charge on any atom is 0.0674 e. The Hall–Kier alpha value is -0.860. The van der Waals surface area contributed by atoms with Gasteiger partial charge in [-0.3, -0.25) is 0 Å². The third-order valence-corrected chi connectivity index (χ3v) is 5.19. The van der Waals surface area contributed by atoms with Gasteiger partial charge in [-0.1, -0.05) is 49.9 Å². The number of aliphatic hydroxyl groups is 1. The summed E-state index contributed by atoms with van der Waals surface area (Å²) in [6.07, 6.45) is 11.4. The molecule has 1 atom stereocenters. The maximum absolute atomic E-state index is 10.1. The molecule has 0 heterocycles. The average Bonchev–Trinajstić information content (AvgIpc) is 2.76. The summed E-state index contributed by atoms with van der Waals surface area (Å²) in [6.45, 7) is 0.223. The van der Waals surface area contributed by atoms with Gasteiger partial charge in [-0.15, -0.1) is 0 Å². The van der Waals surface area contributed by atoms with Crippen molar-refractivity contribution in [2.45, 2.75) is 69.4 Å². The molecule has 0 aromatic heterocycles. The Kier molecular flexibility index (Phi) is 4.42. The van der Waals surface area contributed by atoms with Crippen LogP contribution in [-0.4, -0.2) is 17.8 Å². The number of aryl methyl sites for hydroxylation is 1. The summed E-state index contributed by atoms with van der Waals surface area (Å²) >= 11 is 0. The fourth-order valence-electron chi connectivity index (χ4n) is 4.09. The average molecular weight is 273 g/mol. The van der Waals surface area contributed by atoms with Crippen molar-refractivity contribution < 1.29 is 5.11 Å². The first-order chi connectivity index (χ1) is 9.84. The molecule has 110 valence electrons. The second-order valence-electron chi connectivity index (χ2n) is 6.58. The molecule has 0 bridgehead atoms. The summed E-state index contributed by atoms with van der Waals surface area (Å²) in [6, 6.07) is 9.26. The van der Waals surface area contributed by atoms with E-state index in [4.69, 9.17) is 0 Å². The molecule has 1 saturated carbocycles. The van der Waals surface area contributed by atoms with Gasteiger partial charge >= 0.3 is 0 Å². The minimum absolute atomic E-state index is 0.191. The van der Waals surface area contributed by atoms with Gasteiger partial charge in [0.15, 0.2) is 0 Å². The molecule has 1 aromatic rings. The standard InChI is InChI=1S/C18H27NO/c20-14-18(19-16-10-3-1-2-4-11-16)13-7-9-15-8-5-6-12-17(15)18/h5-6,8,12,16,19-20H,1-4,7,9-11,13-14H2. The summed E-state index contributed by atoms with van der Waals surface area (Å²) in [4.78, 5) is 0. The third kappa shape index (κ3) is 2.77. The van der Waals surface area contributed by atoms with Crippen LogP contribution in [0.5, 0.6) is 0 Å². The molecule has 1 fully saturated rings. The summed E-state index contributed by atoms with van der Waals surface area (Å²) in [7, 11) is 0. The summed E-state index contributed by atoms with van der Waals surface area (Å²) in [5.74, 6) is 0. The molecule has 2 nitrogen and oxygen atoms in total. The molecule has 2 aliphatic rings. The highest BCUT2D eigenvalue weighted by molar-refractivity contribution is 5.36. The fraction of sp³-hybridized carbons (Fsp3) is 0.667. The second-order valence-corrected chi connectivity index (χ2v) is 6.58. The second kappa shape index (κ2) is 6.28. The van der Waals surface area contributed by atoms with E-state index in [0.29, 0.717) is 6.04 Å². The van der Waals surface area contributed by atoms with Crippen LogP contribution in [-0.2, 0) is 12.0 Å². The van der Waals surface area contributed by atoms with Gasteiger partial charge < -0.3 is 10.4 Å². The van der Waals surface area contributed by atoms with Gasteiger partial charge in [0.05, 0.1) is 12.1 Å². The zero-order valence-corrected chi connectivity index (χ0v) is 12.4. The highest BCUT2D eigenvalue weighted by atomic mass is 16.3. The molecule has 20 heavy (non-hydrogen) atoms. The quantitative estimate of drug-likeness (QED) is 0.826. The maximum atomic E-state index is 10.1. The van der Waals surface area contributed by atoms with Crippen molar-refractivity contribution in [1.29, 1.82) is 0 Å². The number of rotatable bonds is 3. The number of nitrogens with one attached hydrogen (secondary N) is 1. The van der Waals surface area contributed by atoms with Crippen LogP contribution in [0.25, 0.3) is 0 Å². The molecule has 2 aliphatic carbocycles. The minimum Gasteiger partial charge on any atom is -0.394 e. The molecular formula is C18H27NO. The Bertz CT molecular complexity index is 437. The van der Waals surface area contributed by atoms with Gasteiger partial charge in [-0.2, -0.15) is 0 Å². The van der Waals surface area contributed by atoms with Crippen molar-refractivity contribution in [2.24, 2.45) is 0 Å². The molecule has 3 rings (SSSR count). The van der Waals surface area contributed by atoms with Crippen LogP contribution in [0.4, 0.5) is 0 Å². The largest absolute Gasteiger partial charge is 0.394 e. The van der Waals surface area contributed by atoms with Crippen molar-refractivity contribution in [3.05, 3.63) is 35.4 Å². The van der Waals surface area contributed by atoms with Crippen LogP contribution in [0, 0.1) is 0 Å². The van der Waals surface area contributed by atoms with Gasteiger partial charge in [0.1, 0.15) is 0 Å². The molecule has 0 radical (unpaired) electrons. The van der Waals surface area contributed by atoms with Crippen molar-refractivity contribution in [2.75, 3.05) is 6.61 Å². The first kappa shape index (κ1) is 14.1. The summed E-state index contributed by atoms with van der Waals surface area (Å²) < 4.78 is 0. The molecule has 0 aliphatic heterocycles. The van der Waals surface area contributed by atoms with E-state index in [1.807, 2.05) is 0 Å². The number of hydrogen-bond donors (Lipinski definition) is 2. The van der Waals surface area contributed by atoms with Crippen LogP contribution in [0.15, 0.2) is 24.3 Å². The Morgan fingerprint density at radius 1 is 1.05 bits per heavy atom. The van der Waals surface area contributed by atoms with E-state index in [9.17, 15) is 5.11 Å². The molecule has 2 heteroatoms. The predicted octanol–water partition coefficient (Wildman–Crippen LogP) is 3.52. The predicted molar refractivity (Wildman–Crippen MR) is 82.8 cm³/mol. The summed E-state index contributed by atoms with van der Waals surface area (Å²) in [5, 5.41) is 14.0. The van der Waals surface area contributed by atoms with E-state index in [0.717, 1.165) is 12.8 Å². The fourth-order valence-corrected chi connectivity index (χ4v) is 4.09. The van der Waals surface area contributed by atoms with Crippen LogP contribution in [0.3, 0.4) is 0 Å². The molecule has 1 aromatic carbocycles. The van der Waals surface area contributed by atoms with Crippen LogP contribution >= 0.6 is 0 Å². The number of aliphatic hydroxyl groups excluding tert-OH is 1. The summed E-state index contributed by atoms with van der Waals surface area (Å²) in [5.41, 5.74) is 2.58. The lowest BCUT2D eigenvalue weighted by Crippen LogP contribution is -2.52. The Balaban J connectivity index is 1.84. The molecule has 0 spiro atoms. The van der Waals surface area contributed by atoms with Gasteiger partial charge in [0.25, 0.3) is 0 Å². The molecule has 0 amide bonds. The van der Waals surface area contributed by atoms with E-state index in [-0.39, 0.29) is 12.1 Å². The number of fused-ring (bicyclic) bond motifs is 1. The van der Waals surface area contributed by atoms with E-state index >= 15 is 0 Å². The minimum atomic E-state index is -0.191.